The van der Waals surface area contributed by atoms with Gasteiger partial charge in [-0.05, 0) is 60.7 Å². The molecular weight excluding hydrogens is 380 g/mol. The van der Waals surface area contributed by atoms with E-state index in [0.717, 1.165) is 16.8 Å². The number of methoxy groups -OCH3 is 2. The maximum Gasteiger partial charge on any atom is 0.293 e. The van der Waals surface area contributed by atoms with Crippen LogP contribution in [0.2, 0.25) is 0 Å². The quantitative estimate of drug-likeness (QED) is 0.490. The van der Waals surface area contributed by atoms with E-state index in [0.29, 0.717) is 22.8 Å². The fraction of sp³-hybridized carbons (Fsp3) is 0.0870. The molecule has 2 N–H and O–H groups in total. The molecule has 0 atom stereocenters. The van der Waals surface area contributed by atoms with Crippen LogP contribution in [-0.2, 0) is 0 Å². The summed E-state index contributed by atoms with van der Waals surface area (Å²) in [5.74, 6) is 1.68. The average molecular weight is 400 g/mol. The van der Waals surface area contributed by atoms with Gasteiger partial charge in [0.05, 0.1) is 19.7 Å². The molecule has 0 unspecified atom stereocenters. The van der Waals surface area contributed by atoms with Gasteiger partial charge in [-0.25, -0.2) is 9.97 Å². The Kier molecular flexibility index (Phi) is 5.43. The maximum atomic E-state index is 12.8. The van der Waals surface area contributed by atoms with Crippen LogP contribution in [0.4, 0.5) is 17.2 Å². The zero-order valence-electron chi connectivity index (χ0n) is 16.5. The molecule has 0 aliphatic rings. The molecule has 0 radical (unpaired) electrons. The monoisotopic (exact) mass is 400 g/mol. The van der Waals surface area contributed by atoms with E-state index >= 15 is 0 Å². The molecule has 30 heavy (non-hydrogen) atoms. The van der Waals surface area contributed by atoms with Crippen LogP contribution >= 0.6 is 0 Å². The van der Waals surface area contributed by atoms with E-state index in [9.17, 15) is 4.79 Å². The Morgan fingerprint density at radius 1 is 0.767 bits per heavy atom. The SMILES string of the molecule is COc1ccc(NC(=O)c2nc(Nc3ccc(OC)cc3)c3ccccc3n2)cc1. The van der Waals surface area contributed by atoms with Gasteiger partial charge in [0, 0.05) is 16.8 Å². The zero-order valence-corrected chi connectivity index (χ0v) is 16.5. The number of ether oxygens (including phenoxy) is 2. The highest BCUT2D eigenvalue weighted by atomic mass is 16.5. The lowest BCUT2D eigenvalue weighted by Gasteiger charge is -2.12. The topological polar surface area (TPSA) is 85.4 Å². The first-order valence-electron chi connectivity index (χ1n) is 9.29. The Bertz CT molecular complexity index is 1180. The molecule has 7 nitrogen and oxygen atoms in total. The van der Waals surface area contributed by atoms with E-state index in [4.69, 9.17) is 9.47 Å². The van der Waals surface area contributed by atoms with Crippen molar-refractivity contribution in [1.29, 1.82) is 0 Å². The Morgan fingerprint density at radius 2 is 1.37 bits per heavy atom. The average Bonchev–Trinajstić information content (AvgIpc) is 2.80. The Labute approximate surface area is 173 Å². The van der Waals surface area contributed by atoms with Crippen LogP contribution in [0.3, 0.4) is 0 Å². The van der Waals surface area contributed by atoms with Gasteiger partial charge in [-0.15, -0.1) is 0 Å². The highest BCUT2D eigenvalue weighted by Crippen LogP contribution is 2.25. The molecule has 1 amide bonds. The van der Waals surface area contributed by atoms with Gasteiger partial charge in [-0.1, -0.05) is 12.1 Å². The predicted octanol–water partition coefficient (Wildman–Crippen LogP) is 4.64. The standard InChI is InChI=1S/C23H20N4O3/c1-29-17-11-7-15(8-12-17)24-21-19-5-3-4-6-20(19)26-22(27-21)23(28)25-16-9-13-18(30-2)14-10-16/h3-14H,1-2H3,(H,25,28)(H,24,26,27). The number of fused-ring (bicyclic) bond motifs is 1. The molecule has 1 heterocycles. The summed E-state index contributed by atoms with van der Waals surface area (Å²) in [7, 11) is 3.21. The molecule has 0 spiro atoms. The van der Waals surface area contributed by atoms with E-state index in [1.165, 1.54) is 0 Å². The summed E-state index contributed by atoms with van der Waals surface area (Å²) in [5.41, 5.74) is 2.12. The van der Waals surface area contributed by atoms with Crippen LogP contribution in [0.1, 0.15) is 10.6 Å². The second-order valence-electron chi connectivity index (χ2n) is 6.45. The number of nitrogens with zero attached hydrogens (tertiary/aromatic N) is 2. The molecule has 0 aliphatic carbocycles. The van der Waals surface area contributed by atoms with Crippen LogP contribution in [0.15, 0.2) is 72.8 Å². The van der Waals surface area contributed by atoms with E-state index in [1.807, 2.05) is 48.5 Å². The maximum absolute atomic E-state index is 12.8. The molecule has 1 aromatic heterocycles. The van der Waals surface area contributed by atoms with Crippen molar-refractivity contribution >= 4 is 34.0 Å². The third-order valence-electron chi connectivity index (χ3n) is 4.51. The summed E-state index contributed by atoms with van der Waals surface area (Å²) in [5, 5.41) is 6.90. The molecule has 0 aliphatic heterocycles. The number of carbonyl (C=O) groups is 1. The minimum Gasteiger partial charge on any atom is -0.497 e. The molecule has 0 saturated heterocycles. The van der Waals surface area contributed by atoms with Crippen LogP contribution < -0.4 is 20.1 Å². The largest absolute Gasteiger partial charge is 0.497 e. The highest BCUT2D eigenvalue weighted by molar-refractivity contribution is 6.04. The number of rotatable bonds is 6. The normalized spacial score (nSPS) is 10.5. The van der Waals surface area contributed by atoms with Crippen molar-refractivity contribution in [3.8, 4) is 11.5 Å². The highest BCUT2D eigenvalue weighted by Gasteiger charge is 2.15. The lowest BCUT2D eigenvalue weighted by Crippen LogP contribution is -2.16. The number of aromatic nitrogens is 2. The lowest BCUT2D eigenvalue weighted by molar-refractivity contribution is 0.101. The Hall–Kier alpha value is -4.13. The molecule has 3 aromatic carbocycles. The fourth-order valence-corrected chi connectivity index (χ4v) is 2.95. The van der Waals surface area contributed by atoms with Crippen LogP contribution in [0, 0.1) is 0 Å². The third-order valence-corrected chi connectivity index (χ3v) is 4.51. The van der Waals surface area contributed by atoms with E-state index in [1.54, 1.807) is 38.5 Å². The summed E-state index contributed by atoms with van der Waals surface area (Å²) in [4.78, 5) is 21.7. The van der Waals surface area contributed by atoms with Gasteiger partial charge in [0.1, 0.15) is 17.3 Å². The first-order chi connectivity index (χ1) is 14.7. The number of anilines is 3. The summed E-state index contributed by atoms with van der Waals surface area (Å²) in [6.45, 7) is 0. The first-order valence-corrected chi connectivity index (χ1v) is 9.29. The summed E-state index contributed by atoms with van der Waals surface area (Å²) in [6.07, 6.45) is 0. The van der Waals surface area contributed by atoms with Crippen LogP contribution in [-0.4, -0.2) is 30.1 Å². The van der Waals surface area contributed by atoms with Crippen molar-refractivity contribution in [2.45, 2.75) is 0 Å². The summed E-state index contributed by atoms with van der Waals surface area (Å²) < 4.78 is 10.3. The van der Waals surface area contributed by atoms with Gasteiger partial charge in [-0.3, -0.25) is 4.79 Å². The second kappa shape index (κ2) is 8.48. The van der Waals surface area contributed by atoms with E-state index < -0.39 is 5.91 Å². The van der Waals surface area contributed by atoms with Crippen molar-refractivity contribution in [3.63, 3.8) is 0 Å². The molecule has 0 fully saturated rings. The van der Waals surface area contributed by atoms with Crippen molar-refractivity contribution < 1.29 is 14.3 Å². The van der Waals surface area contributed by atoms with Gasteiger partial charge < -0.3 is 20.1 Å². The first kappa shape index (κ1) is 19.2. The van der Waals surface area contributed by atoms with Crippen molar-refractivity contribution in [3.05, 3.63) is 78.6 Å². The van der Waals surface area contributed by atoms with E-state index in [2.05, 4.69) is 20.6 Å². The Morgan fingerprint density at radius 3 is 2.00 bits per heavy atom. The molecule has 7 heteroatoms. The van der Waals surface area contributed by atoms with Crippen LogP contribution in [0.5, 0.6) is 11.5 Å². The smallest absolute Gasteiger partial charge is 0.293 e. The third kappa shape index (κ3) is 4.15. The molecule has 0 saturated carbocycles. The van der Waals surface area contributed by atoms with Gasteiger partial charge in [0.2, 0.25) is 5.82 Å². The van der Waals surface area contributed by atoms with Crippen LogP contribution in [0.25, 0.3) is 10.9 Å². The van der Waals surface area contributed by atoms with Gasteiger partial charge in [0.25, 0.3) is 5.91 Å². The van der Waals surface area contributed by atoms with Gasteiger partial charge >= 0.3 is 0 Å². The minimum absolute atomic E-state index is 0.0699. The number of carbonyl (C=O) groups excluding carboxylic acids is 1. The predicted molar refractivity (Wildman–Crippen MR) is 117 cm³/mol. The zero-order chi connectivity index (χ0) is 20.9. The lowest BCUT2D eigenvalue weighted by atomic mass is 10.2. The molecule has 4 aromatic rings. The van der Waals surface area contributed by atoms with Crippen molar-refractivity contribution in [2.24, 2.45) is 0 Å². The number of hydrogen-bond acceptors (Lipinski definition) is 6. The molecular formula is C23H20N4O3. The number of benzene rings is 3. The molecule has 4 rings (SSSR count). The van der Waals surface area contributed by atoms with Crippen molar-refractivity contribution in [2.75, 3.05) is 24.9 Å². The number of para-hydroxylation sites is 1. The number of hydrogen-bond donors (Lipinski definition) is 2. The summed E-state index contributed by atoms with van der Waals surface area (Å²) >= 11 is 0. The number of nitrogens with one attached hydrogen (secondary N) is 2. The Balaban J connectivity index is 1.65. The van der Waals surface area contributed by atoms with Gasteiger partial charge in [-0.2, -0.15) is 0 Å². The second-order valence-corrected chi connectivity index (χ2v) is 6.45. The molecule has 0 bridgehead atoms. The fourth-order valence-electron chi connectivity index (χ4n) is 2.95. The van der Waals surface area contributed by atoms with Crippen molar-refractivity contribution in [1.82, 2.24) is 9.97 Å². The summed E-state index contributed by atoms with van der Waals surface area (Å²) in [6, 6.07) is 22.1. The number of amides is 1. The van der Waals surface area contributed by atoms with E-state index in [-0.39, 0.29) is 5.82 Å². The minimum atomic E-state index is -0.399. The van der Waals surface area contributed by atoms with Gasteiger partial charge in [0.15, 0.2) is 0 Å². The molecule has 150 valence electrons.